The predicted octanol–water partition coefficient (Wildman–Crippen LogP) is 0.861. The summed E-state index contributed by atoms with van der Waals surface area (Å²) in [5, 5.41) is 22.9. The van der Waals surface area contributed by atoms with Gasteiger partial charge in [-0.2, -0.15) is 0 Å². The first-order chi connectivity index (χ1) is 13.7. The molecule has 9 heteroatoms. The van der Waals surface area contributed by atoms with E-state index in [1.165, 1.54) is 12.4 Å². The number of hydrogen-bond donors (Lipinski definition) is 5. The minimum atomic E-state index is -1.19. The van der Waals surface area contributed by atoms with Crippen molar-refractivity contribution in [3.05, 3.63) is 35.9 Å². The zero-order chi connectivity index (χ0) is 22.0. The van der Waals surface area contributed by atoms with Gasteiger partial charge in [0.1, 0.15) is 12.1 Å². The summed E-state index contributed by atoms with van der Waals surface area (Å²) >= 11 is 0. The molecule has 0 heterocycles. The smallest absolute Gasteiger partial charge is 0.325 e. The summed E-state index contributed by atoms with van der Waals surface area (Å²) in [5.74, 6) is -4.11. The van der Waals surface area contributed by atoms with Crippen LogP contribution in [0, 0.1) is 11.8 Å². The van der Waals surface area contributed by atoms with Crippen LogP contribution >= 0.6 is 0 Å². The summed E-state index contributed by atoms with van der Waals surface area (Å²) in [5.41, 5.74) is 2.34. The lowest BCUT2D eigenvalue weighted by atomic mass is 9.92. The van der Waals surface area contributed by atoms with E-state index in [2.05, 4.69) is 10.6 Å². The molecule has 4 atom stereocenters. The van der Waals surface area contributed by atoms with Crippen LogP contribution in [0.15, 0.2) is 30.3 Å². The molecule has 0 aliphatic carbocycles. The molecule has 0 radical (unpaired) electrons. The molecule has 1 rings (SSSR count). The maximum atomic E-state index is 12.9. The van der Waals surface area contributed by atoms with Crippen LogP contribution in [-0.2, 0) is 25.6 Å². The van der Waals surface area contributed by atoms with Gasteiger partial charge in [0.25, 0.3) is 0 Å². The van der Waals surface area contributed by atoms with Crippen molar-refractivity contribution >= 4 is 23.7 Å². The number of benzene rings is 1. The van der Waals surface area contributed by atoms with Crippen molar-refractivity contribution in [1.29, 1.82) is 0 Å². The van der Waals surface area contributed by atoms with E-state index in [1.54, 1.807) is 19.1 Å². The van der Waals surface area contributed by atoms with Crippen LogP contribution in [-0.4, -0.2) is 46.1 Å². The summed E-state index contributed by atoms with van der Waals surface area (Å²) in [6, 6.07) is 7.00. The van der Waals surface area contributed by atoms with Crippen LogP contribution < -0.4 is 16.1 Å². The lowest BCUT2D eigenvalue weighted by Gasteiger charge is -2.26. The minimum Gasteiger partial charge on any atom is -0.480 e. The first-order valence-corrected chi connectivity index (χ1v) is 9.49. The van der Waals surface area contributed by atoms with E-state index in [9.17, 15) is 19.2 Å². The monoisotopic (exact) mass is 407 g/mol. The number of carboxylic acids is 1. The topological polar surface area (TPSA) is 145 Å². The summed E-state index contributed by atoms with van der Waals surface area (Å²) < 4.78 is 0. The third kappa shape index (κ3) is 7.90. The second-order valence-corrected chi connectivity index (χ2v) is 7.07. The van der Waals surface area contributed by atoms with Crippen LogP contribution in [0.4, 0.5) is 0 Å². The molecule has 0 aromatic heterocycles. The lowest BCUT2D eigenvalue weighted by molar-refractivity contribution is -0.142. The Hall–Kier alpha value is -2.94. The van der Waals surface area contributed by atoms with E-state index >= 15 is 0 Å². The fourth-order valence-electron chi connectivity index (χ4n) is 2.76. The van der Waals surface area contributed by atoms with Gasteiger partial charge in [-0.3, -0.25) is 24.4 Å². The van der Waals surface area contributed by atoms with Crippen molar-refractivity contribution < 1.29 is 29.5 Å². The van der Waals surface area contributed by atoms with E-state index in [4.69, 9.17) is 10.3 Å². The highest BCUT2D eigenvalue weighted by Gasteiger charge is 2.31. The van der Waals surface area contributed by atoms with E-state index in [-0.39, 0.29) is 18.8 Å². The summed E-state index contributed by atoms with van der Waals surface area (Å²) in [7, 11) is 0. The molecule has 1 aromatic carbocycles. The van der Waals surface area contributed by atoms with E-state index in [0.29, 0.717) is 6.42 Å². The van der Waals surface area contributed by atoms with Crippen LogP contribution in [0.1, 0.15) is 39.2 Å². The normalized spacial score (nSPS) is 14.8. The Kier molecular flexibility index (Phi) is 9.81. The number of nitrogens with one attached hydrogen (secondary N) is 3. The van der Waals surface area contributed by atoms with Crippen LogP contribution in [0.5, 0.6) is 0 Å². The number of carbonyl (C=O) groups excluding carboxylic acids is 3. The first kappa shape index (κ1) is 24.1. The highest BCUT2D eigenvalue weighted by Crippen LogP contribution is 2.15. The fourth-order valence-corrected chi connectivity index (χ4v) is 2.76. The summed E-state index contributed by atoms with van der Waals surface area (Å²) in [4.78, 5) is 48.1. The average molecular weight is 407 g/mol. The molecule has 0 aliphatic rings. The number of aliphatic carboxylic acids is 1. The number of rotatable bonds is 11. The number of amides is 3. The highest BCUT2D eigenvalue weighted by molar-refractivity contribution is 5.92. The Morgan fingerprint density at radius 2 is 1.62 bits per heavy atom. The average Bonchev–Trinajstić information content (AvgIpc) is 2.70. The maximum Gasteiger partial charge on any atom is 0.325 e. The zero-order valence-electron chi connectivity index (χ0n) is 16.8. The predicted molar refractivity (Wildman–Crippen MR) is 105 cm³/mol. The molecule has 0 saturated heterocycles. The SMILES string of the molecule is CC[C@H](C)[C@H](NC(=O)[C@@H](CC(=O)NO)Cc1ccccc1)C(=O)N[C@@H](C)C(=O)O. The largest absolute Gasteiger partial charge is 0.480 e. The van der Waals surface area contributed by atoms with E-state index in [0.717, 1.165) is 5.56 Å². The molecule has 0 aliphatic heterocycles. The van der Waals surface area contributed by atoms with Gasteiger partial charge in [-0.15, -0.1) is 0 Å². The lowest BCUT2D eigenvalue weighted by Crippen LogP contribution is -2.54. The van der Waals surface area contributed by atoms with Crippen LogP contribution in [0.25, 0.3) is 0 Å². The molecule has 3 amide bonds. The first-order valence-electron chi connectivity index (χ1n) is 9.49. The van der Waals surface area contributed by atoms with Gasteiger partial charge < -0.3 is 15.7 Å². The fraction of sp³-hybridized carbons (Fsp3) is 0.500. The zero-order valence-corrected chi connectivity index (χ0v) is 16.8. The maximum absolute atomic E-state index is 12.9. The van der Waals surface area contributed by atoms with Gasteiger partial charge in [0, 0.05) is 6.42 Å². The van der Waals surface area contributed by atoms with Gasteiger partial charge in [0.05, 0.1) is 5.92 Å². The van der Waals surface area contributed by atoms with Crippen LogP contribution in [0.3, 0.4) is 0 Å². The molecule has 0 unspecified atom stereocenters. The van der Waals surface area contributed by atoms with Crippen LogP contribution in [0.2, 0.25) is 0 Å². The van der Waals surface area contributed by atoms with Gasteiger partial charge in [-0.05, 0) is 24.8 Å². The standard InChI is InChI=1S/C20H29N3O6/c1-4-12(2)17(19(26)21-13(3)20(27)28)22-18(25)15(11-16(24)23-29)10-14-8-6-5-7-9-14/h5-9,12-13,15,17,29H,4,10-11H2,1-3H3,(H,21,26)(H,22,25)(H,23,24)(H,27,28)/t12-,13-,15+,17-/m0/s1. The van der Waals surface area contributed by atoms with Crippen molar-refractivity contribution in [2.24, 2.45) is 11.8 Å². The Balaban J connectivity index is 2.99. The van der Waals surface area contributed by atoms with Crippen molar-refractivity contribution in [3.63, 3.8) is 0 Å². The molecular formula is C20H29N3O6. The van der Waals surface area contributed by atoms with Crippen molar-refractivity contribution in [3.8, 4) is 0 Å². The quantitative estimate of drug-likeness (QED) is 0.272. The minimum absolute atomic E-state index is 0.237. The molecule has 9 nitrogen and oxygen atoms in total. The third-order valence-electron chi connectivity index (χ3n) is 4.77. The molecule has 29 heavy (non-hydrogen) atoms. The Bertz CT molecular complexity index is 709. The van der Waals surface area contributed by atoms with E-state index in [1.807, 2.05) is 25.1 Å². The van der Waals surface area contributed by atoms with E-state index < -0.39 is 41.7 Å². The van der Waals surface area contributed by atoms with Gasteiger partial charge >= 0.3 is 5.97 Å². The summed E-state index contributed by atoms with van der Waals surface area (Å²) in [6.45, 7) is 4.94. The number of carboxylic acid groups (broad SMARTS) is 1. The van der Waals surface area contributed by atoms with Gasteiger partial charge in [-0.1, -0.05) is 50.6 Å². The summed E-state index contributed by atoms with van der Waals surface area (Å²) in [6.07, 6.45) is 0.540. The second kappa shape index (κ2) is 11.8. The number of hydroxylamine groups is 1. The van der Waals surface area contributed by atoms with Crippen molar-refractivity contribution in [2.45, 2.75) is 52.1 Å². The van der Waals surface area contributed by atoms with Gasteiger partial charge in [-0.25, -0.2) is 5.48 Å². The molecular weight excluding hydrogens is 378 g/mol. The molecule has 1 aromatic rings. The second-order valence-electron chi connectivity index (χ2n) is 7.07. The molecule has 5 N–H and O–H groups in total. The highest BCUT2D eigenvalue weighted by atomic mass is 16.5. The third-order valence-corrected chi connectivity index (χ3v) is 4.77. The Morgan fingerprint density at radius 3 is 2.14 bits per heavy atom. The molecule has 0 saturated carbocycles. The molecule has 160 valence electrons. The molecule has 0 fully saturated rings. The van der Waals surface area contributed by atoms with Gasteiger partial charge in [0.2, 0.25) is 17.7 Å². The Morgan fingerprint density at radius 1 is 1.00 bits per heavy atom. The van der Waals surface area contributed by atoms with Crippen molar-refractivity contribution in [1.82, 2.24) is 16.1 Å². The number of hydrogen-bond acceptors (Lipinski definition) is 5. The van der Waals surface area contributed by atoms with Gasteiger partial charge in [0.15, 0.2) is 0 Å². The number of carbonyl (C=O) groups is 4. The Labute approximate surface area is 169 Å². The molecule has 0 spiro atoms. The molecule has 0 bridgehead atoms. The van der Waals surface area contributed by atoms with Crippen molar-refractivity contribution in [2.75, 3.05) is 0 Å².